The monoisotopic (exact) mass is 357 g/mol. The second kappa shape index (κ2) is 5.92. The minimum absolute atomic E-state index is 0.521. The lowest BCUT2D eigenvalue weighted by Gasteiger charge is -2.09. The van der Waals surface area contributed by atoms with Crippen molar-refractivity contribution in [3.63, 3.8) is 0 Å². The zero-order chi connectivity index (χ0) is 16.7. The van der Waals surface area contributed by atoms with Crippen LogP contribution in [-0.4, -0.2) is 25.0 Å². The molecule has 1 N–H and O–H groups in total. The van der Waals surface area contributed by atoms with E-state index in [0.29, 0.717) is 11.7 Å². The normalized spacial score (nSPS) is 11.3. The fraction of sp³-hybridized carbons (Fsp3) is 0.118. The zero-order valence-corrected chi connectivity index (χ0v) is 14.3. The molecule has 0 aliphatic rings. The van der Waals surface area contributed by atoms with Crippen molar-refractivity contribution in [2.75, 3.05) is 0 Å². The molecule has 4 rings (SSSR count). The summed E-state index contributed by atoms with van der Waals surface area (Å²) in [5.41, 5.74) is 2.90. The number of nitrogens with zero attached hydrogens (tertiary/aromatic N) is 4. The maximum atomic E-state index is 6.15. The molecular weight excluding hydrogens is 345 g/mol. The first kappa shape index (κ1) is 15.2. The number of fused-ring (bicyclic) bond motifs is 1. The molecule has 0 radical (unpaired) electrons. The van der Waals surface area contributed by atoms with E-state index in [2.05, 4.69) is 25.0 Å². The average molecular weight is 358 g/mol. The highest BCUT2D eigenvalue weighted by molar-refractivity contribution is 6.34. The summed E-state index contributed by atoms with van der Waals surface area (Å²) in [4.78, 5) is 0. The van der Waals surface area contributed by atoms with Crippen LogP contribution in [0.4, 0.5) is 0 Å². The Labute approximate surface area is 148 Å². The summed E-state index contributed by atoms with van der Waals surface area (Å²) in [7, 11) is 0. The molecule has 0 saturated carbocycles. The van der Waals surface area contributed by atoms with E-state index in [4.69, 9.17) is 23.2 Å². The van der Waals surface area contributed by atoms with Crippen LogP contribution in [-0.2, 0) is 6.54 Å². The largest absolute Gasteiger partial charge is 0.307 e. The lowest BCUT2D eigenvalue weighted by Crippen LogP contribution is -2.04. The number of halogens is 2. The topological polar surface area (TPSA) is 59.4 Å². The minimum Gasteiger partial charge on any atom is -0.307 e. The second-order valence-electron chi connectivity index (χ2n) is 5.55. The Bertz CT molecular complexity index is 1020. The average Bonchev–Trinajstić information content (AvgIpc) is 3.13. The summed E-state index contributed by atoms with van der Waals surface area (Å²) >= 11 is 12.1. The van der Waals surface area contributed by atoms with E-state index >= 15 is 0 Å². The number of H-pyrrole nitrogens is 1. The molecular formula is C17H13Cl2N5. The van der Waals surface area contributed by atoms with Crippen LogP contribution in [0.5, 0.6) is 0 Å². The highest BCUT2D eigenvalue weighted by Gasteiger charge is 2.13. The number of hydrogen-bond acceptors (Lipinski definition) is 3. The van der Waals surface area contributed by atoms with Crippen molar-refractivity contribution in [1.29, 1.82) is 0 Å². The highest BCUT2D eigenvalue weighted by Crippen LogP contribution is 2.27. The van der Waals surface area contributed by atoms with Gasteiger partial charge in [-0.15, -0.1) is 10.2 Å². The van der Waals surface area contributed by atoms with Crippen molar-refractivity contribution in [2.45, 2.75) is 13.5 Å². The molecule has 5 nitrogen and oxygen atoms in total. The molecule has 0 amide bonds. The smallest absolute Gasteiger partial charge is 0.164 e. The number of rotatable bonds is 3. The Kier molecular flexibility index (Phi) is 3.75. The van der Waals surface area contributed by atoms with Gasteiger partial charge in [-0.3, -0.25) is 5.10 Å². The Morgan fingerprint density at radius 3 is 2.62 bits per heavy atom. The fourth-order valence-corrected chi connectivity index (χ4v) is 2.99. The van der Waals surface area contributed by atoms with Crippen molar-refractivity contribution < 1.29 is 0 Å². The fourth-order valence-electron chi connectivity index (χ4n) is 2.67. The minimum atomic E-state index is 0.521. The van der Waals surface area contributed by atoms with E-state index in [9.17, 15) is 0 Å². The third-order valence-electron chi connectivity index (χ3n) is 3.96. The predicted octanol–water partition coefficient (Wildman–Crippen LogP) is 4.48. The third kappa shape index (κ3) is 2.66. The van der Waals surface area contributed by atoms with Crippen LogP contribution in [0.15, 0.2) is 42.5 Å². The number of nitrogens with one attached hydrogen (secondary N) is 1. The molecule has 0 unspecified atom stereocenters. The van der Waals surface area contributed by atoms with Gasteiger partial charge in [0.1, 0.15) is 11.0 Å². The van der Waals surface area contributed by atoms with E-state index in [-0.39, 0.29) is 0 Å². The molecule has 24 heavy (non-hydrogen) atoms. The standard InChI is InChI=1S/C17H13Cl2N5/c1-10-20-23-17(24(10)9-11-2-5-13(18)6-3-11)12-4-7-15-14(8-12)16(19)22-21-15/h2-8H,9H2,1H3,(H,21,22). The van der Waals surface area contributed by atoms with Gasteiger partial charge in [-0.1, -0.05) is 35.3 Å². The van der Waals surface area contributed by atoms with Crippen molar-refractivity contribution >= 4 is 34.1 Å². The van der Waals surface area contributed by atoms with Gasteiger partial charge in [0.05, 0.1) is 12.1 Å². The number of benzene rings is 2. The number of aromatic amines is 1. The second-order valence-corrected chi connectivity index (χ2v) is 6.37. The summed E-state index contributed by atoms with van der Waals surface area (Å²) in [5.74, 6) is 1.64. The lowest BCUT2D eigenvalue weighted by atomic mass is 10.1. The lowest BCUT2D eigenvalue weighted by molar-refractivity contribution is 0.768. The summed E-state index contributed by atoms with van der Waals surface area (Å²) in [6.07, 6.45) is 0. The summed E-state index contributed by atoms with van der Waals surface area (Å²) in [6, 6.07) is 13.6. The first-order valence-electron chi connectivity index (χ1n) is 7.40. The number of aromatic nitrogens is 5. The molecule has 0 saturated heterocycles. The van der Waals surface area contributed by atoms with Gasteiger partial charge >= 0.3 is 0 Å². The third-order valence-corrected chi connectivity index (χ3v) is 4.50. The van der Waals surface area contributed by atoms with Crippen molar-refractivity contribution in [3.8, 4) is 11.4 Å². The molecule has 0 aliphatic heterocycles. The first-order chi connectivity index (χ1) is 11.6. The van der Waals surface area contributed by atoms with Gasteiger partial charge in [0.25, 0.3) is 0 Å². The molecule has 0 bridgehead atoms. The van der Waals surface area contributed by atoms with Crippen LogP contribution in [0.2, 0.25) is 10.2 Å². The molecule has 0 spiro atoms. The van der Waals surface area contributed by atoms with Gasteiger partial charge in [0, 0.05) is 16.0 Å². The maximum Gasteiger partial charge on any atom is 0.164 e. The van der Waals surface area contributed by atoms with E-state index < -0.39 is 0 Å². The van der Waals surface area contributed by atoms with Crippen LogP contribution in [0.3, 0.4) is 0 Å². The molecule has 2 aromatic heterocycles. The molecule has 0 fully saturated rings. The van der Waals surface area contributed by atoms with Gasteiger partial charge < -0.3 is 4.57 Å². The van der Waals surface area contributed by atoms with Gasteiger partial charge in [-0.2, -0.15) is 5.10 Å². The van der Waals surface area contributed by atoms with Gasteiger partial charge in [-0.05, 0) is 42.8 Å². The molecule has 120 valence electrons. The van der Waals surface area contributed by atoms with E-state index in [0.717, 1.165) is 38.7 Å². The summed E-state index contributed by atoms with van der Waals surface area (Å²) < 4.78 is 2.07. The first-order valence-corrected chi connectivity index (χ1v) is 8.15. The van der Waals surface area contributed by atoms with Gasteiger partial charge in [0.15, 0.2) is 5.82 Å². The van der Waals surface area contributed by atoms with Crippen molar-refractivity contribution in [2.24, 2.45) is 0 Å². The van der Waals surface area contributed by atoms with Gasteiger partial charge in [0.2, 0.25) is 0 Å². The van der Waals surface area contributed by atoms with Crippen molar-refractivity contribution in [1.82, 2.24) is 25.0 Å². The highest BCUT2D eigenvalue weighted by atomic mass is 35.5. The van der Waals surface area contributed by atoms with Crippen LogP contribution in [0.25, 0.3) is 22.3 Å². The molecule has 0 atom stereocenters. The molecule has 0 aliphatic carbocycles. The summed E-state index contributed by atoms with van der Waals surface area (Å²) in [6.45, 7) is 2.61. The van der Waals surface area contributed by atoms with E-state index in [1.165, 1.54) is 0 Å². The Morgan fingerprint density at radius 2 is 1.83 bits per heavy atom. The van der Waals surface area contributed by atoms with E-state index in [1.807, 2.05) is 49.4 Å². The van der Waals surface area contributed by atoms with Crippen molar-refractivity contribution in [3.05, 3.63) is 64.0 Å². The maximum absolute atomic E-state index is 6.15. The van der Waals surface area contributed by atoms with E-state index in [1.54, 1.807) is 0 Å². The number of aryl methyl sites for hydroxylation is 1. The summed E-state index contributed by atoms with van der Waals surface area (Å²) in [5, 5.41) is 17.6. The predicted molar refractivity (Wildman–Crippen MR) is 95.4 cm³/mol. The molecule has 4 aromatic rings. The quantitative estimate of drug-likeness (QED) is 0.587. The molecule has 2 heterocycles. The Morgan fingerprint density at radius 1 is 1.04 bits per heavy atom. The van der Waals surface area contributed by atoms with Crippen LogP contribution >= 0.6 is 23.2 Å². The molecule has 7 heteroatoms. The SMILES string of the molecule is Cc1nnc(-c2ccc3n[nH]c(Cl)c3c2)n1Cc1ccc(Cl)cc1. The Balaban J connectivity index is 1.77. The Hall–Kier alpha value is -2.37. The van der Waals surface area contributed by atoms with Crippen LogP contribution in [0, 0.1) is 6.92 Å². The van der Waals surface area contributed by atoms with Crippen LogP contribution in [0.1, 0.15) is 11.4 Å². The zero-order valence-electron chi connectivity index (χ0n) is 12.8. The van der Waals surface area contributed by atoms with Crippen LogP contribution < -0.4 is 0 Å². The molecule has 2 aromatic carbocycles. The number of hydrogen-bond donors (Lipinski definition) is 1. The van der Waals surface area contributed by atoms with Gasteiger partial charge in [-0.25, -0.2) is 0 Å².